The highest BCUT2D eigenvalue weighted by Crippen LogP contribution is 2.44. The van der Waals surface area contributed by atoms with Crippen molar-refractivity contribution in [2.45, 2.75) is 32.9 Å². The van der Waals surface area contributed by atoms with Gasteiger partial charge in [-0.1, -0.05) is 32.0 Å². The minimum Gasteiger partial charge on any atom is -0.496 e. The van der Waals surface area contributed by atoms with Gasteiger partial charge in [-0.15, -0.1) is 0 Å². The lowest BCUT2D eigenvalue weighted by Gasteiger charge is -2.44. The number of methoxy groups -OCH3 is 1. The van der Waals surface area contributed by atoms with E-state index >= 15 is 0 Å². The average molecular weight is 358 g/mol. The second-order valence-electron chi connectivity index (χ2n) is 7.09. The normalized spacial score (nSPS) is 20.2. The van der Waals surface area contributed by atoms with Crippen molar-refractivity contribution < 1.29 is 22.7 Å². The number of para-hydroxylation sites is 1. The van der Waals surface area contributed by atoms with E-state index in [1.54, 1.807) is 21.0 Å². The van der Waals surface area contributed by atoms with Crippen LogP contribution >= 0.6 is 0 Å². The molecular formula is C18H25F3N2O2. The molecule has 1 saturated heterocycles. The number of carbonyl (C=O) groups excluding carboxylic acids is 1. The van der Waals surface area contributed by atoms with Crippen molar-refractivity contribution in [1.82, 2.24) is 10.2 Å². The van der Waals surface area contributed by atoms with E-state index in [9.17, 15) is 18.0 Å². The molecule has 140 valence electrons. The quantitative estimate of drug-likeness (QED) is 0.888. The van der Waals surface area contributed by atoms with Gasteiger partial charge in [0.15, 0.2) is 0 Å². The van der Waals surface area contributed by atoms with Crippen LogP contribution in [0.4, 0.5) is 18.0 Å². The SMILES string of the molecule is COc1ccccc1CCNC(=O)N1CCC(C(F)(F)F)C(C)(C)C1. The van der Waals surface area contributed by atoms with Crippen molar-refractivity contribution in [3.8, 4) is 5.75 Å². The Morgan fingerprint density at radius 1 is 1.36 bits per heavy atom. The van der Waals surface area contributed by atoms with Crippen LogP contribution in [0.2, 0.25) is 0 Å². The molecule has 7 heteroatoms. The average Bonchev–Trinajstić information content (AvgIpc) is 2.52. The van der Waals surface area contributed by atoms with Crippen molar-refractivity contribution in [3.05, 3.63) is 29.8 Å². The third-order valence-corrected chi connectivity index (χ3v) is 4.77. The van der Waals surface area contributed by atoms with Gasteiger partial charge in [-0.25, -0.2) is 4.79 Å². The third-order valence-electron chi connectivity index (χ3n) is 4.77. The van der Waals surface area contributed by atoms with E-state index in [-0.39, 0.29) is 25.5 Å². The number of hydrogen-bond donors (Lipinski definition) is 1. The first-order valence-electron chi connectivity index (χ1n) is 8.36. The Bertz CT molecular complexity index is 602. The minimum absolute atomic E-state index is 0.0591. The number of ether oxygens (including phenoxy) is 1. The number of rotatable bonds is 4. The fourth-order valence-corrected chi connectivity index (χ4v) is 3.46. The zero-order chi connectivity index (χ0) is 18.7. The van der Waals surface area contributed by atoms with E-state index in [0.717, 1.165) is 11.3 Å². The second-order valence-corrected chi connectivity index (χ2v) is 7.09. The van der Waals surface area contributed by atoms with Gasteiger partial charge in [0.05, 0.1) is 13.0 Å². The van der Waals surface area contributed by atoms with Crippen molar-refractivity contribution in [2.24, 2.45) is 11.3 Å². The van der Waals surface area contributed by atoms with E-state index in [0.29, 0.717) is 13.0 Å². The molecule has 1 unspecified atom stereocenters. The summed E-state index contributed by atoms with van der Waals surface area (Å²) in [6.45, 7) is 3.75. The molecule has 0 aliphatic carbocycles. The van der Waals surface area contributed by atoms with Gasteiger partial charge >= 0.3 is 12.2 Å². The predicted octanol–water partition coefficient (Wildman–Crippen LogP) is 3.86. The van der Waals surface area contributed by atoms with Crippen molar-refractivity contribution in [3.63, 3.8) is 0 Å². The fourth-order valence-electron chi connectivity index (χ4n) is 3.46. The molecule has 1 aromatic rings. The molecule has 1 fully saturated rings. The molecule has 0 aromatic heterocycles. The topological polar surface area (TPSA) is 41.6 Å². The summed E-state index contributed by atoms with van der Waals surface area (Å²) in [5, 5.41) is 2.79. The number of benzene rings is 1. The molecule has 0 radical (unpaired) electrons. The van der Waals surface area contributed by atoms with Crippen molar-refractivity contribution in [1.29, 1.82) is 0 Å². The van der Waals surface area contributed by atoms with E-state index in [1.807, 2.05) is 24.3 Å². The van der Waals surface area contributed by atoms with E-state index in [2.05, 4.69) is 5.32 Å². The molecule has 1 aliphatic heterocycles. The molecule has 1 aliphatic rings. The molecule has 4 nitrogen and oxygen atoms in total. The number of likely N-dealkylation sites (tertiary alicyclic amines) is 1. The number of urea groups is 1. The van der Waals surface area contributed by atoms with E-state index < -0.39 is 17.5 Å². The van der Waals surface area contributed by atoms with E-state index in [1.165, 1.54) is 4.90 Å². The Balaban J connectivity index is 1.88. The molecular weight excluding hydrogens is 333 g/mol. The Labute approximate surface area is 146 Å². The molecule has 0 saturated carbocycles. The lowest BCUT2D eigenvalue weighted by Crippen LogP contribution is -2.54. The Hall–Kier alpha value is -1.92. The maximum atomic E-state index is 13.1. The largest absolute Gasteiger partial charge is 0.496 e. The molecule has 0 bridgehead atoms. The van der Waals surface area contributed by atoms with Crippen LogP contribution in [-0.4, -0.2) is 43.9 Å². The van der Waals surface area contributed by atoms with Crippen LogP contribution in [0.1, 0.15) is 25.8 Å². The van der Waals surface area contributed by atoms with Gasteiger partial charge in [0.25, 0.3) is 0 Å². The van der Waals surface area contributed by atoms with Crippen molar-refractivity contribution in [2.75, 3.05) is 26.7 Å². The van der Waals surface area contributed by atoms with Gasteiger partial charge < -0.3 is 15.0 Å². The molecule has 2 rings (SSSR count). The fraction of sp³-hybridized carbons (Fsp3) is 0.611. The van der Waals surface area contributed by atoms with Gasteiger partial charge in [-0.2, -0.15) is 13.2 Å². The zero-order valence-electron chi connectivity index (χ0n) is 14.8. The summed E-state index contributed by atoms with van der Waals surface area (Å²) in [5.74, 6) is -0.624. The number of halogens is 3. The van der Waals surface area contributed by atoms with Crippen LogP contribution in [0.5, 0.6) is 5.75 Å². The highest BCUT2D eigenvalue weighted by molar-refractivity contribution is 5.74. The van der Waals surface area contributed by atoms with Crippen LogP contribution in [0.3, 0.4) is 0 Å². The molecule has 1 atom stereocenters. The lowest BCUT2D eigenvalue weighted by molar-refractivity contribution is -0.214. The molecule has 25 heavy (non-hydrogen) atoms. The Kier molecular flexibility index (Phi) is 5.85. The van der Waals surface area contributed by atoms with Gasteiger partial charge in [0.1, 0.15) is 5.75 Å². The Morgan fingerprint density at radius 3 is 2.64 bits per heavy atom. The van der Waals surface area contributed by atoms with Crippen LogP contribution in [0.15, 0.2) is 24.3 Å². The van der Waals surface area contributed by atoms with E-state index in [4.69, 9.17) is 4.74 Å². The monoisotopic (exact) mass is 358 g/mol. The maximum Gasteiger partial charge on any atom is 0.392 e. The number of nitrogens with zero attached hydrogens (tertiary/aromatic N) is 1. The molecule has 1 N–H and O–H groups in total. The predicted molar refractivity (Wildman–Crippen MR) is 89.6 cm³/mol. The summed E-state index contributed by atoms with van der Waals surface area (Å²) in [6.07, 6.45) is -3.69. The van der Waals surface area contributed by atoms with Gasteiger partial charge in [-0.3, -0.25) is 0 Å². The van der Waals surface area contributed by atoms with Gasteiger partial charge in [-0.05, 0) is 29.9 Å². The lowest BCUT2D eigenvalue weighted by atomic mass is 9.73. The molecule has 2 amide bonds. The summed E-state index contributed by atoms with van der Waals surface area (Å²) in [6, 6.07) is 7.21. The second kappa shape index (κ2) is 7.54. The minimum atomic E-state index is -4.23. The third kappa shape index (κ3) is 4.80. The number of nitrogens with one attached hydrogen (secondary N) is 1. The number of carbonyl (C=O) groups is 1. The summed E-state index contributed by atoms with van der Waals surface area (Å²) >= 11 is 0. The van der Waals surface area contributed by atoms with Gasteiger partial charge in [0, 0.05) is 19.6 Å². The van der Waals surface area contributed by atoms with Crippen LogP contribution in [0, 0.1) is 11.3 Å². The Morgan fingerprint density at radius 2 is 2.04 bits per heavy atom. The standard InChI is InChI=1S/C18H25F3N2O2/c1-17(2)12-23(11-9-15(17)18(19,20)21)16(24)22-10-8-13-6-4-5-7-14(13)25-3/h4-7,15H,8-12H2,1-3H3,(H,22,24). The summed E-state index contributed by atoms with van der Waals surface area (Å²) in [7, 11) is 1.59. The zero-order valence-corrected chi connectivity index (χ0v) is 14.8. The number of alkyl halides is 3. The first kappa shape index (κ1) is 19.4. The van der Waals surface area contributed by atoms with Crippen molar-refractivity contribution >= 4 is 6.03 Å². The first-order chi connectivity index (χ1) is 11.6. The maximum absolute atomic E-state index is 13.1. The number of hydrogen-bond acceptors (Lipinski definition) is 2. The number of amides is 2. The highest BCUT2D eigenvalue weighted by atomic mass is 19.4. The smallest absolute Gasteiger partial charge is 0.392 e. The highest BCUT2D eigenvalue weighted by Gasteiger charge is 2.51. The molecule has 1 aromatic carbocycles. The van der Waals surface area contributed by atoms with Gasteiger partial charge in [0.2, 0.25) is 0 Å². The van der Waals surface area contributed by atoms with Crippen LogP contribution in [-0.2, 0) is 6.42 Å². The van der Waals surface area contributed by atoms with Crippen LogP contribution < -0.4 is 10.1 Å². The van der Waals surface area contributed by atoms with Crippen LogP contribution in [0.25, 0.3) is 0 Å². The molecule has 1 heterocycles. The summed E-state index contributed by atoms with van der Waals surface area (Å²) in [4.78, 5) is 13.8. The summed E-state index contributed by atoms with van der Waals surface area (Å²) < 4.78 is 44.5. The first-order valence-corrected chi connectivity index (χ1v) is 8.36. The summed E-state index contributed by atoms with van der Waals surface area (Å²) in [5.41, 5.74) is -0.0161. The molecule has 0 spiro atoms. The number of piperidine rings is 1.